The van der Waals surface area contributed by atoms with Crippen molar-refractivity contribution in [2.75, 3.05) is 17.7 Å². The average Bonchev–Trinajstić information content (AvgIpc) is 3.33. The van der Waals surface area contributed by atoms with Crippen LogP contribution in [-0.2, 0) is 16.4 Å². The third-order valence-electron chi connectivity index (χ3n) is 10.6. The Hall–Kier alpha value is -3.27. The summed E-state index contributed by atoms with van der Waals surface area (Å²) < 4.78 is 32.7. The van der Waals surface area contributed by atoms with Gasteiger partial charge in [-0.1, -0.05) is 36.7 Å². The van der Waals surface area contributed by atoms with E-state index >= 15 is 0 Å². The van der Waals surface area contributed by atoms with E-state index in [-0.39, 0.29) is 23.2 Å². The number of aromatic hydroxyl groups is 1. The molecule has 0 radical (unpaired) electrons. The Morgan fingerprint density at radius 1 is 1.00 bits per heavy atom. The number of aliphatic hydroxyl groups is 1. The molecule has 3 aromatic rings. The van der Waals surface area contributed by atoms with E-state index in [1.54, 1.807) is 24.3 Å². The molecule has 0 aliphatic heterocycles. The van der Waals surface area contributed by atoms with Crippen LogP contribution >= 0.6 is 11.6 Å². The van der Waals surface area contributed by atoms with Crippen molar-refractivity contribution in [2.24, 2.45) is 17.3 Å². The molecule has 2 fully saturated rings. The second-order valence-corrected chi connectivity index (χ2v) is 15.8. The van der Waals surface area contributed by atoms with Crippen molar-refractivity contribution >= 4 is 33.3 Å². The minimum absolute atomic E-state index is 0.0983. The van der Waals surface area contributed by atoms with Gasteiger partial charge in [-0.15, -0.1) is 0 Å². The maximum absolute atomic E-state index is 12.3. The fourth-order valence-corrected chi connectivity index (χ4v) is 9.59. The predicted molar refractivity (Wildman–Crippen MR) is 180 cm³/mol. The van der Waals surface area contributed by atoms with Crippen molar-refractivity contribution in [1.82, 2.24) is 4.72 Å². The Bertz CT molecular complexity index is 1650. The van der Waals surface area contributed by atoms with Crippen LogP contribution in [0.1, 0.15) is 80.4 Å². The van der Waals surface area contributed by atoms with E-state index in [1.807, 2.05) is 29.0 Å². The SMILES string of the molecule is C[C@]12C[C@H](c3ccc(OCCCCCS(=O)(=O)NC(=O)Nc4ccc(Cl)cc4)cc3)[C@@H]3c4ccc(O)cc4CC[C@H]3[C@@H]1CC[C@@H]2O. The summed E-state index contributed by atoms with van der Waals surface area (Å²) in [6.45, 7) is 2.75. The lowest BCUT2D eigenvalue weighted by Gasteiger charge is -2.54. The number of unbranched alkanes of at least 4 members (excludes halogenated alkanes) is 2. The number of phenolic OH excluding ortho intramolecular Hbond substituents is 1. The van der Waals surface area contributed by atoms with Gasteiger partial charge in [0.15, 0.2) is 0 Å². The number of benzene rings is 3. The van der Waals surface area contributed by atoms with Gasteiger partial charge < -0.3 is 20.3 Å². The number of hydrogen-bond donors (Lipinski definition) is 4. The summed E-state index contributed by atoms with van der Waals surface area (Å²) in [7, 11) is -3.76. The van der Waals surface area contributed by atoms with Crippen LogP contribution in [0.5, 0.6) is 11.5 Å². The number of anilines is 1. The number of aliphatic hydroxyl groups excluding tert-OH is 1. The number of amides is 2. The average molecular weight is 667 g/mol. The van der Waals surface area contributed by atoms with Crippen molar-refractivity contribution in [3.05, 3.63) is 88.4 Å². The summed E-state index contributed by atoms with van der Waals surface area (Å²) >= 11 is 5.83. The Morgan fingerprint density at radius 3 is 2.52 bits per heavy atom. The predicted octanol–water partition coefficient (Wildman–Crippen LogP) is 7.36. The van der Waals surface area contributed by atoms with E-state index in [4.69, 9.17) is 16.3 Å². The summed E-state index contributed by atoms with van der Waals surface area (Å²) in [6, 6.07) is 19.8. The van der Waals surface area contributed by atoms with E-state index in [1.165, 1.54) is 16.7 Å². The lowest BCUT2D eigenvalue weighted by atomic mass is 9.51. The van der Waals surface area contributed by atoms with E-state index in [2.05, 4.69) is 30.4 Å². The highest BCUT2D eigenvalue weighted by Crippen LogP contribution is 2.65. The first kappa shape index (κ1) is 32.7. The van der Waals surface area contributed by atoms with E-state index in [0.29, 0.717) is 60.1 Å². The molecule has 6 atom stereocenters. The van der Waals surface area contributed by atoms with Crippen molar-refractivity contribution in [3.8, 4) is 11.5 Å². The van der Waals surface area contributed by atoms with Gasteiger partial charge in [0.25, 0.3) is 0 Å². The van der Waals surface area contributed by atoms with Gasteiger partial charge >= 0.3 is 6.03 Å². The van der Waals surface area contributed by atoms with Gasteiger partial charge in [-0.05, 0) is 146 Å². The maximum atomic E-state index is 12.3. The van der Waals surface area contributed by atoms with Gasteiger partial charge in [0, 0.05) is 10.7 Å². The highest BCUT2D eigenvalue weighted by Gasteiger charge is 2.57. The number of sulfonamides is 1. The molecule has 2 amide bonds. The van der Waals surface area contributed by atoms with Crippen LogP contribution in [-0.4, -0.2) is 43.1 Å². The molecule has 0 aromatic heterocycles. The fraction of sp³-hybridized carbons (Fsp3) is 0.472. The number of fused-ring (bicyclic) bond motifs is 5. The number of hydrogen-bond acceptors (Lipinski definition) is 6. The Balaban J connectivity index is 1.01. The highest BCUT2D eigenvalue weighted by molar-refractivity contribution is 7.90. The van der Waals surface area contributed by atoms with Crippen LogP contribution in [0.25, 0.3) is 0 Å². The molecule has 0 spiro atoms. The quantitative estimate of drug-likeness (QED) is 0.168. The fourth-order valence-electron chi connectivity index (χ4n) is 8.45. The molecule has 2 saturated carbocycles. The van der Waals surface area contributed by atoms with Gasteiger partial charge in [-0.25, -0.2) is 17.9 Å². The normalized spacial score (nSPS) is 26.8. The number of phenols is 1. The molecule has 0 heterocycles. The number of rotatable bonds is 10. The summed E-state index contributed by atoms with van der Waals surface area (Å²) in [5, 5.41) is 24.3. The van der Waals surface area contributed by atoms with Crippen LogP contribution in [0.2, 0.25) is 5.02 Å². The molecular weight excluding hydrogens is 624 g/mol. The molecular formula is C36H43ClN2O6S. The molecule has 8 nitrogen and oxygen atoms in total. The second-order valence-electron chi connectivity index (χ2n) is 13.5. The Kier molecular flexibility index (Phi) is 9.55. The number of urea groups is 1. The van der Waals surface area contributed by atoms with Gasteiger partial charge in [0.1, 0.15) is 11.5 Å². The van der Waals surface area contributed by atoms with Gasteiger partial charge in [-0.3, -0.25) is 0 Å². The second kappa shape index (κ2) is 13.5. The lowest BCUT2D eigenvalue weighted by molar-refractivity contribution is -0.0323. The Labute approximate surface area is 276 Å². The molecule has 4 N–H and O–H groups in total. The topological polar surface area (TPSA) is 125 Å². The van der Waals surface area contributed by atoms with E-state index in [0.717, 1.165) is 37.9 Å². The zero-order chi connectivity index (χ0) is 32.5. The number of ether oxygens (including phenoxy) is 1. The molecule has 246 valence electrons. The maximum Gasteiger partial charge on any atom is 0.332 e. The monoisotopic (exact) mass is 666 g/mol. The minimum Gasteiger partial charge on any atom is -0.508 e. The van der Waals surface area contributed by atoms with Crippen molar-refractivity contribution in [3.63, 3.8) is 0 Å². The Morgan fingerprint density at radius 2 is 1.76 bits per heavy atom. The smallest absolute Gasteiger partial charge is 0.332 e. The van der Waals surface area contributed by atoms with Crippen LogP contribution in [0.3, 0.4) is 0 Å². The molecule has 3 aromatic carbocycles. The number of aryl methyl sites for hydroxylation is 1. The first-order valence-corrected chi connectivity index (χ1v) is 18.3. The van der Waals surface area contributed by atoms with Crippen LogP contribution in [0.4, 0.5) is 10.5 Å². The minimum atomic E-state index is -3.76. The molecule has 0 unspecified atom stereocenters. The van der Waals surface area contributed by atoms with Crippen molar-refractivity contribution in [2.45, 2.75) is 76.2 Å². The summed E-state index contributed by atoms with van der Waals surface area (Å²) in [5.74, 6) is 2.56. The molecule has 0 saturated heterocycles. The molecule has 0 bridgehead atoms. The first-order valence-electron chi connectivity index (χ1n) is 16.3. The molecule has 10 heteroatoms. The van der Waals surface area contributed by atoms with Gasteiger partial charge in [-0.2, -0.15) is 0 Å². The molecule has 46 heavy (non-hydrogen) atoms. The third kappa shape index (κ3) is 7.02. The van der Waals surface area contributed by atoms with Gasteiger partial charge in [0.05, 0.1) is 18.5 Å². The lowest BCUT2D eigenvalue weighted by Crippen LogP contribution is -2.47. The zero-order valence-electron chi connectivity index (χ0n) is 26.1. The van der Waals surface area contributed by atoms with Crippen LogP contribution in [0.15, 0.2) is 66.7 Å². The van der Waals surface area contributed by atoms with Crippen LogP contribution < -0.4 is 14.8 Å². The molecule has 3 aliphatic rings. The summed E-state index contributed by atoms with van der Waals surface area (Å²) in [6.07, 6.45) is 6.38. The third-order valence-corrected chi connectivity index (χ3v) is 12.2. The zero-order valence-corrected chi connectivity index (χ0v) is 27.7. The molecule has 6 rings (SSSR count). The highest BCUT2D eigenvalue weighted by atomic mass is 35.5. The van der Waals surface area contributed by atoms with Crippen LogP contribution in [0, 0.1) is 17.3 Å². The number of carbonyl (C=O) groups is 1. The van der Waals surface area contributed by atoms with E-state index in [9.17, 15) is 23.4 Å². The number of halogens is 1. The largest absolute Gasteiger partial charge is 0.508 e. The summed E-state index contributed by atoms with van der Waals surface area (Å²) in [4.78, 5) is 12.1. The van der Waals surface area contributed by atoms with Crippen molar-refractivity contribution < 1.29 is 28.2 Å². The van der Waals surface area contributed by atoms with Crippen molar-refractivity contribution in [1.29, 1.82) is 0 Å². The standard InChI is InChI=1S/C36H43ClN2O6S/c1-36-22-31(34-29-16-12-27(40)21-24(29)7-15-30(34)32(36)17-18-33(36)41)23-5-13-28(14-6-23)45-19-3-2-4-20-46(43,44)39-35(42)38-26-10-8-25(37)9-11-26/h5-6,8-14,16,21,30-34,40-41H,2-4,7,15,17-20,22H2,1H3,(H2,38,39,42)/t30-,31+,32-,33-,34+,36-/m0/s1. The first-order chi connectivity index (χ1) is 22.0. The number of nitrogens with one attached hydrogen (secondary N) is 2. The molecule has 3 aliphatic carbocycles. The number of carbonyl (C=O) groups excluding carboxylic acids is 1. The summed E-state index contributed by atoms with van der Waals surface area (Å²) in [5.41, 5.74) is 4.19. The van der Waals surface area contributed by atoms with Gasteiger partial charge in [0.2, 0.25) is 10.0 Å². The van der Waals surface area contributed by atoms with E-state index < -0.39 is 16.1 Å².